The van der Waals surface area contributed by atoms with E-state index in [4.69, 9.17) is 5.14 Å². The van der Waals surface area contributed by atoms with Crippen LogP contribution in [-0.2, 0) is 10.0 Å². The predicted octanol–water partition coefficient (Wildman–Crippen LogP) is 1.35. The van der Waals surface area contributed by atoms with E-state index >= 15 is 0 Å². The number of benzene rings is 1. The lowest BCUT2D eigenvalue weighted by atomic mass is 10.0. The van der Waals surface area contributed by atoms with E-state index in [1.807, 2.05) is 18.2 Å². The van der Waals surface area contributed by atoms with Crippen LogP contribution in [0.2, 0.25) is 0 Å². The van der Waals surface area contributed by atoms with Crippen LogP contribution >= 0.6 is 0 Å². The molecule has 124 valence electrons. The van der Waals surface area contributed by atoms with E-state index in [-0.39, 0.29) is 10.8 Å². The van der Waals surface area contributed by atoms with Gasteiger partial charge in [0.05, 0.1) is 10.4 Å². The minimum Gasteiger partial charge on any atom is -0.343 e. The van der Waals surface area contributed by atoms with Crippen LogP contribution in [0.1, 0.15) is 10.5 Å². The Kier molecular flexibility index (Phi) is 3.86. The van der Waals surface area contributed by atoms with Gasteiger partial charge in [-0.3, -0.25) is 4.79 Å². The lowest BCUT2D eigenvalue weighted by Crippen LogP contribution is -2.22. The summed E-state index contributed by atoms with van der Waals surface area (Å²) in [5.41, 5.74) is 2.39. The molecule has 0 aliphatic rings. The van der Waals surface area contributed by atoms with Gasteiger partial charge in [-0.1, -0.05) is 18.2 Å². The fourth-order valence-corrected chi connectivity index (χ4v) is 2.97. The molecule has 0 saturated heterocycles. The summed E-state index contributed by atoms with van der Waals surface area (Å²) in [6.45, 7) is 0. The largest absolute Gasteiger partial charge is 0.343 e. The zero-order valence-electron chi connectivity index (χ0n) is 13.2. The summed E-state index contributed by atoms with van der Waals surface area (Å²) in [7, 11) is -0.461. The third-order valence-corrected chi connectivity index (χ3v) is 4.55. The van der Waals surface area contributed by atoms with Gasteiger partial charge >= 0.3 is 0 Å². The normalized spacial score (nSPS) is 11.6. The number of fused-ring (bicyclic) bond motifs is 1. The molecule has 0 aliphatic heterocycles. The Morgan fingerprint density at radius 1 is 1.12 bits per heavy atom. The summed E-state index contributed by atoms with van der Waals surface area (Å²) in [6.07, 6.45) is 1.75. The second-order valence-corrected chi connectivity index (χ2v) is 7.08. The van der Waals surface area contributed by atoms with Gasteiger partial charge in [0.25, 0.3) is 5.91 Å². The maximum atomic E-state index is 12.5. The van der Waals surface area contributed by atoms with E-state index in [0.29, 0.717) is 16.8 Å². The number of primary sulfonamides is 1. The van der Waals surface area contributed by atoms with Crippen LogP contribution in [0.3, 0.4) is 0 Å². The monoisotopic (exact) mass is 344 g/mol. The fourth-order valence-electron chi connectivity index (χ4n) is 2.46. The van der Waals surface area contributed by atoms with Gasteiger partial charge in [0.1, 0.15) is 0 Å². The van der Waals surface area contributed by atoms with E-state index in [2.05, 4.69) is 5.10 Å². The van der Waals surface area contributed by atoms with Crippen LogP contribution in [-0.4, -0.2) is 42.9 Å². The third kappa shape index (κ3) is 2.77. The molecule has 2 N–H and O–H groups in total. The number of sulfonamides is 1. The van der Waals surface area contributed by atoms with Crippen LogP contribution in [0.5, 0.6) is 0 Å². The highest BCUT2D eigenvalue weighted by Gasteiger charge is 2.22. The van der Waals surface area contributed by atoms with Crippen molar-refractivity contribution in [2.75, 3.05) is 14.1 Å². The Bertz CT molecular complexity index is 1020. The molecule has 3 rings (SSSR count). The molecule has 0 atom stereocenters. The van der Waals surface area contributed by atoms with Crippen molar-refractivity contribution in [3.8, 4) is 11.1 Å². The lowest BCUT2D eigenvalue weighted by molar-refractivity contribution is 0.0822. The molecule has 0 unspecified atom stereocenters. The molecule has 2 heterocycles. The third-order valence-electron chi connectivity index (χ3n) is 3.62. The smallest absolute Gasteiger partial charge is 0.274 e. The molecule has 0 bridgehead atoms. The molecule has 0 radical (unpaired) electrons. The first-order chi connectivity index (χ1) is 11.3. The summed E-state index contributed by atoms with van der Waals surface area (Å²) in [5.74, 6) is -0.232. The topological polar surface area (TPSA) is 97.8 Å². The minimum absolute atomic E-state index is 0.0169. The van der Waals surface area contributed by atoms with Crippen molar-refractivity contribution in [2.45, 2.75) is 4.90 Å². The van der Waals surface area contributed by atoms with Crippen molar-refractivity contribution in [2.24, 2.45) is 5.14 Å². The number of amides is 1. The van der Waals surface area contributed by atoms with Crippen molar-refractivity contribution >= 4 is 21.4 Å². The van der Waals surface area contributed by atoms with Crippen LogP contribution < -0.4 is 5.14 Å². The second kappa shape index (κ2) is 5.73. The highest BCUT2D eigenvalue weighted by molar-refractivity contribution is 7.89. The summed E-state index contributed by atoms with van der Waals surface area (Å²) in [5, 5.41) is 9.49. The van der Waals surface area contributed by atoms with Gasteiger partial charge in [-0.2, -0.15) is 5.10 Å². The van der Waals surface area contributed by atoms with Crippen molar-refractivity contribution in [3.63, 3.8) is 0 Å². The summed E-state index contributed by atoms with van der Waals surface area (Å²) in [4.78, 5) is 13.9. The number of carbonyl (C=O) groups excluding carboxylic acids is 1. The van der Waals surface area contributed by atoms with Crippen molar-refractivity contribution in [1.82, 2.24) is 14.5 Å². The van der Waals surface area contributed by atoms with Gasteiger partial charge in [-0.15, -0.1) is 0 Å². The van der Waals surface area contributed by atoms with E-state index in [9.17, 15) is 13.2 Å². The summed E-state index contributed by atoms with van der Waals surface area (Å²) < 4.78 is 24.4. The Balaban J connectivity index is 2.24. The average Bonchev–Trinajstić information content (AvgIpc) is 2.92. The maximum absolute atomic E-state index is 12.5. The molecule has 0 aliphatic carbocycles. The number of hydrogen-bond donors (Lipinski definition) is 1. The number of nitrogens with zero attached hydrogens (tertiary/aromatic N) is 3. The van der Waals surface area contributed by atoms with E-state index < -0.39 is 10.0 Å². The van der Waals surface area contributed by atoms with E-state index in [1.54, 1.807) is 36.9 Å². The van der Waals surface area contributed by atoms with E-state index in [0.717, 1.165) is 5.52 Å². The second-order valence-electron chi connectivity index (χ2n) is 5.52. The molecule has 1 amide bonds. The molecule has 8 heteroatoms. The van der Waals surface area contributed by atoms with Gasteiger partial charge < -0.3 is 4.90 Å². The molecule has 0 fully saturated rings. The standard InChI is InChI=1S/C16H16N4O3S/c1-19(2)16(21)15-14(13-5-3-4-10-20(13)18-15)11-6-8-12(9-7-11)24(17,22)23/h3-10H,1-2H3,(H2,17,22,23). The molecule has 7 nitrogen and oxygen atoms in total. The zero-order valence-corrected chi connectivity index (χ0v) is 14.0. The van der Waals surface area contributed by atoms with Gasteiger partial charge in [0.15, 0.2) is 5.69 Å². The number of pyridine rings is 1. The molecule has 1 aromatic carbocycles. The number of aromatic nitrogens is 2. The predicted molar refractivity (Wildman–Crippen MR) is 90.0 cm³/mol. The zero-order chi connectivity index (χ0) is 17.5. The lowest BCUT2D eigenvalue weighted by Gasteiger charge is -2.10. The van der Waals surface area contributed by atoms with Crippen LogP contribution in [0.15, 0.2) is 53.6 Å². The molecular weight excluding hydrogens is 328 g/mol. The van der Waals surface area contributed by atoms with Gasteiger partial charge in [-0.05, 0) is 29.8 Å². The van der Waals surface area contributed by atoms with Crippen molar-refractivity contribution in [1.29, 1.82) is 0 Å². The van der Waals surface area contributed by atoms with Crippen LogP contribution in [0.25, 0.3) is 16.6 Å². The highest BCUT2D eigenvalue weighted by Crippen LogP contribution is 2.29. The Morgan fingerprint density at radius 3 is 2.38 bits per heavy atom. The number of rotatable bonds is 3. The number of hydrogen-bond acceptors (Lipinski definition) is 4. The molecular formula is C16H16N4O3S. The Morgan fingerprint density at radius 2 is 1.79 bits per heavy atom. The van der Waals surface area contributed by atoms with Crippen LogP contribution in [0, 0.1) is 0 Å². The maximum Gasteiger partial charge on any atom is 0.274 e. The summed E-state index contributed by atoms with van der Waals surface area (Å²) >= 11 is 0. The van der Waals surface area contributed by atoms with E-state index in [1.165, 1.54) is 17.0 Å². The molecule has 0 saturated carbocycles. The molecule has 2 aromatic heterocycles. The van der Waals surface area contributed by atoms with Gasteiger partial charge in [-0.25, -0.2) is 18.1 Å². The first-order valence-electron chi connectivity index (χ1n) is 7.11. The summed E-state index contributed by atoms with van der Waals surface area (Å²) in [6, 6.07) is 11.6. The molecule has 0 spiro atoms. The van der Waals surface area contributed by atoms with Gasteiger partial charge in [0.2, 0.25) is 10.0 Å². The first kappa shape index (κ1) is 16.2. The number of carbonyl (C=O) groups is 1. The van der Waals surface area contributed by atoms with Crippen molar-refractivity contribution in [3.05, 3.63) is 54.4 Å². The Labute approximate surface area is 139 Å². The first-order valence-corrected chi connectivity index (χ1v) is 8.66. The fraction of sp³-hybridized carbons (Fsp3) is 0.125. The minimum atomic E-state index is -3.77. The average molecular weight is 344 g/mol. The molecule has 24 heavy (non-hydrogen) atoms. The number of nitrogens with two attached hydrogens (primary N) is 1. The quantitative estimate of drug-likeness (QED) is 0.775. The van der Waals surface area contributed by atoms with Crippen LogP contribution in [0.4, 0.5) is 0 Å². The van der Waals surface area contributed by atoms with Crippen molar-refractivity contribution < 1.29 is 13.2 Å². The van der Waals surface area contributed by atoms with Gasteiger partial charge in [0, 0.05) is 25.9 Å². The highest BCUT2D eigenvalue weighted by atomic mass is 32.2. The molecule has 3 aromatic rings. The Hall–Kier alpha value is -2.71. The SMILES string of the molecule is CN(C)C(=O)c1nn2ccccc2c1-c1ccc(S(N)(=O)=O)cc1.